The van der Waals surface area contributed by atoms with Gasteiger partial charge in [-0.05, 0) is 27.7 Å². The lowest BCUT2D eigenvalue weighted by Gasteiger charge is -2.42. The number of nitrogens with zero attached hydrogens (tertiary/aromatic N) is 5. The molecule has 1 aliphatic rings. The highest BCUT2D eigenvalue weighted by atomic mass is 16.2. The van der Waals surface area contributed by atoms with Gasteiger partial charge in [-0.25, -0.2) is 9.67 Å². The summed E-state index contributed by atoms with van der Waals surface area (Å²) in [6, 6.07) is -0.187. The van der Waals surface area contributed by atoms with E-state index in [4.69, 9.17) is 5.73 Å². The molecule has 1 aliphatic heterocycles. The monoisotopic (exact) mass is 322 g/mol. The SMILES string of the molecule is Cc1nc(C)n(CCC(=O)N2CCN(C(C)C)[C@@H](C(N)=O)C2)n1. The Hall–Kier alpha value is -1.96. The van der Waals surface area contributed by atoms with E-state index in [1.165, 1.54) is 0 Å². The standard InChI is InChI=1S/C15H26N6O2/c1-10(2)20-8-7-19(9-13(20)15(16)23)14(22)5-6-21-12(4)17-11(3)18-21/h10,13H,5-9H2,1-4H3,(H2,16,23)/t13-/m1/s1. The zero-order valence-electron chi connectivity index (χ0n) is 14.3. The first-order valence-electron chi connectivity index (χ1n) is 8.00. The topological polar surface area (TPSA) is 97.4 Å². The van der Waals surface area contributed by atoms with Gasteiger partial charge in [0.1, 0.15) is 17.7 Å². The normalized spacial score (nSPS) is 19.3. The Labute approximate surface area is 136 Å². The molecule has 1 aromatic heterocycles. The molecule has 1 saturated heterocycles. The Morgan fingerprint density at radius 3 is 2.52 bits per heavy atom. The van der Waals surface area contributed by atoms with E-state index >= 15 is 0 Å². The van der Waals surface area contributed by atoms with Gasteiger partial charge in [0, 0.05) is 32.1 Å². The van der Waals surface area contributed by atoms with Crippen molar-refractivity contribution in [1.82, 2.24) is 24.6 Å². The smallest absolute Gasteiger partial charge is 0.236 e. The lowest BCUT2D eigenvalue weighted by molar-refractivity contribution is -0.138. The van der Waals surface area contributed by atoms with E-state index in [2.05, 4.69) is 15.0 Å². The van der Waals surface area contributed by atoms with Crippen molar-refractivity contribution < 1.29 is 9.59 Å². The highest BCUT2D eigenvalue weighted by Crippen LogP contribution is 2.14. The van der Waals surface area contributed by atoms with Gasteiger partial charge in [-0.3, -0.25) is 14.5 Å². The summed E-state index contributed by atoms with van der Waals surface area (Å²) >= 11 is 0. The van der Waals surface area contributed by atoms with Crippen molar-refractivity contribution in [3.63, 3.8) is 0 Å². The Morgan fingerprint density at radius 1 is 1.30 bits per heavy atom. The average Bonchev–Trinajstić information content (AvgIpc) is 2.81. The molecule has 2 rings (SSSR count). The van der Waals surface area contributed by atoms with Gasteiger partial charge in [-0.15, -0.1) is 0 Å². The number of rotatable bonds is 5. The van der Waals surface area contributed by atoms with Crippen LogP contribution in [0.3, 0.4) is 0 Å². The number of aryl methyl sites for hydroxylation is 3. The molecule has 0 aliphatic carbocycles. The summed E-state index contributed by atoms with van der Waals surface area (Å²) in [4.78, 5) is 32.1. The van der Waals surface area contributed by atoms with Gasteiger partial charge >= 0.3 is 0 Å². The Bertz CT molecular complexity index is 583. The van der Waals surface area contributed by atoms with Crippen LogP contribution in [0.25, 0.3) is 0 Å². The Kier molecular flexibility index (Phi) is 5.35. The van der Waals surface area contributed by atoms with E-state index in [9.17, 15) is 9.59 Å². The van der Waals surface area contributed by atoms with Crippen LogP contribution < -0.4 is 5.73 Å². The minimum atomic E-state index is -0.414. The van der Waals surface area contributed by atoms with Gasteiger partial charge in [0.05, 0.1) is 6.54 Å². The van der Waals surface area contributed by atoms with Crippen LogP contribution in [-0.2, 0) is 16.1 Å². The van der Waals surface area contributed by atoms with Crippen LogP contribution in [0.1, 0.15) is 31.9 Å². The Morgan fingerprint density at radius 2 is 2.00 bits per heavy atom. The number of hydrogen-bond donors (Lipinski definition) is 1. The van der Waals surface area contributed by atoms with E-state index in [1.807, 2.05) is 27.7 Å². The lowest BCUT2D eigenvalue weighted by Crippen LogP contribution is -2.61. The number of hydrogen-bond acceptors (Lipinski definition) is 5. The van der Waals surface area contributed by atoms with Crippen LogP contribution in [0.5, 0.6) is 0 Å². The number of piperazine rings is 1. The quantitative estimate of drug-likeness (QED) is 0.802. The van der Waals surface area contributed by atoms with Gasteiger partial charge in [0.15, 0.2) is 0 Å². The van der Waals surface area contributed by atoms with Crippen molar-refractivity contribution in [2.24, 2.45) is 5.73 Å². The summed E-state index contributed by atoms with van der Waals surface area (Å²) in [5.41, 5.74) is 5.50. The maximum absolute atomic E-state index is 12.4. The molecule has 0 saturated carbocycles. The molecule has 8 nitrogen and oxygen atoms in total. The van der Waals surface area contributed by atoms with Crippen LogP contribution >= 0.6 is 0 Å². The summed E-state index contributed by atoms with van der Waals surface area (Å²) < 4.78 is 1.74. The third-order valence-corrected chi connectivity index (χ3v) is 4.27. The van der Waals surface area contributed by atoms with Crippen molar-refractivity contribution >= 4 is 11.8 Å². The fourth-order valence-corrected chi connectivity index (χ4v) is 3.03. The van der Waals surface area contributed by atoms with Gasteiger partial charge in [0.2, 0.25) is 11.8 Å². The first kappa shape index (κ1) is 17.4. The average molecular weight is 322 g/mol. The van der Waals surface area contributed by atoms with Crippen LogP contribution in [0, 0.1) is 13.8 Å². The summed E-state index contributed by atoms with van der Waals surface area (Å²) in [6.45, 7) is 9.91. The molecule has 1 atom stereocenters. The largest absolute Gasteiger partial charge is 0.368 e. The fourth-order valence-electron chi connectivity index (χ4n) is 3.03. The third kappa shape index (κ3) is 4.07. The zero-order valence-corrected chi connectivity index (χ0v) is 14.3. The van der Waals surface area contributed by atoms with Crippen LogP contribution in [0.4, 0.5) is 0 Å². The number of carbonyl (C=O) groups is 2. The van der Waals surface area contributed by atoms with Gasteiger partial charge in [-0.2, -0.15) is 5.10 Å². The van der Waals surface area contributed by atoms with Crippen molar-refractivity contribution in [3.05, 3.63) is 11.6 Å². The summed E-state index contributed by atoms with van der Waals surface area (Å²) in [7, 11) is 0. The predicted molar refractivity (Wildman–Crippen MR) is 85.5 cm³/mol. The molecule has 2 amide bonds. The van der Waals surface area contributed by atoms with Crippen LogP contribution in [-0.4, -0.2) is 68.1 Å². The molecule has 0 unspecified atom stereocenters. The minimum absolute atomic E-state index is 0.0206. The van der Waals surface area contributed by atoms with E-state index in [0.29, 0.717) is 38.4 Å². The second-order valence-electron chi connectivity index (χ2n) is 6.27. The first-order valence-corrected chi connectivity index (χ1v) is 8.00. The molecule has 128 valence electrons. The van der Waals surface area contributed by atoms with Crippen molar-refractivity contribution in [2.75, 3.05) is 19.6 Å². The number of primary amides is 1. The van der Waals surface area contributed by atoms with E-state index in [0.717, 1.165) is 5.82 Å². The molecular weight excluding hydrogens is 296 g/mol. The van der Waals surface area contributed by atoms with Gasteiger partial charge in [-0.1, -0.05) is 0 Å². The summed E-state index contributed by atoms with van der Waals surface area (Å²) in [5.74, 6) is 1.15. The molecule has 0 bridgehead atoms. The van der Waals surface area contributed by atoms with E-state index in [-0.39, 0.29) is 17.9 Å². The molecule has 2 N–H and O–H groups in total. The molecule has 8 heteroatoms. The highest BCUT2D eigenvalue weighted by Gasteiger charge is 2.34. The van der Waals surface area contributed by atoms with Crippen molar-refractivity contribution in [1.29, 1.82) is 0 Å². The van der Waals surface area contributed by atoms with Gasteiger partial charge < -0.3 is 10.6 Å². The van der Waals surface area contributed by atoms with Gasteiger partial charge in [0.25, 0.3) is 0 Å². The Balaban J connectivity index is 1.95. The van der Waals surface area contributed by atoms with Crippen LogP contribution in [0.2, 0.25) is 0 Å². The first-order chi connectivity index (χ1) is 10.8. The highest BCUT2D eigenvalue weighted by molar-refractivity contribution is 5.82. The van der Waals surface area contributed by atoms with E-state index in [1.54, 1.807) is 9.58 Å². The molecule has 1 fully saturated rings. The molecule has 2 heterocycles. The molecule has 1 aromatic rings. The second kappa shape index (κ2) is 7.08. The minimum Gasteiger partial charge on any atom is -0.368 e. The summed E-state index contributed by atoms with van der Waals surface area (Å²) in [6.07, 6.45) is 0.344. The molecule has 0 spiro atoms. The second-order valence-corrected chi connectivity index (χ2v) is 6.27. The summed E-state index contributed by atoms with van der Waals surface area (Å²) in [5, 5.41) is 4.26. The molecular formula is C15H26N6O2. The molecule has 0 radical (unpaired) electrons. The fraction of sp³-hybridized carbons (Fsp3) is 0.733. The maximum atomic E-state index is 12.4. The van der Waals surface area contributed by atoms with Crippen molar-refractivity contribution in [3.8, 4) is 0 Å². The number of carbonyl (C=O) groups excluding carboxylic acids is 2. The molecule has 23 heavy (non-hydrogen) atoms. The lowest BCUT2D eigenvalue weighted by atomic mass is 10.1. The predicted octanol–water partition coefficient (Wildman–Crippen LogP) is -0.308. The van der Waals surface area contributed by atoms with Crippen molar-refractivity contribution in [2.45, 2.75) is 52.7 Å². The van der Waals surface area contributed by atoms with Crippen LogP contribution in [0.15, 0.2) is 0 Å². The van der Waals surface area contributed by atoms with E-state index < -0.39 is 6.04 Å². The maximum Gasteiger partial charge on any atom is 0.236 e. The number of amides is 2. The molecule has 0 aromatic carbocycles. The zero-order chi connectivity index (χ0) is 17.1. The number of nitrogens with two attached hydrogens (primary N) is 1. The third-order valence-electron chi connectivity index (χ3n) is 4.27. The number of aromatic nitrogens is 3.